The summed E-state index contributed by atoms with van der Waals surface area (Å²) >= 11 is 0. The molecule has 0 unspecified atom stereocenters. The number of anilines is 3. The quantitative estimate of drug-likeness (QED) is 0.163. The van der Waals surface area contributed by atoms with Crippen LogP contribution in [-0.2, 0) is 10.8 Å². The fourth-order valence-electron chi connectivity index (χ4n) is 11.4. The molecule has 11 rings (SSSR count). The van der Waals surface area contributed by atoms with Crippen LogP contribution in [-0.4, -0.2) is 0 Å². The van der Waals surface area contributed by atoms with Crippen LogP contribution >= 0.6 is 0 Å². The molecule has 0 heterocycles. The SMILES string of the molecule is CC1(C)c2ccccc2-c2cccc(-c3cccc4c3C(C)(C)c3cc(N(c5ccc(C6CCCCC6)cc5)c5cc(-c6ccccc6)c6ccccc6c5)ccc3-4)c21. The fraction of sp³-hybridized carbons (Fsp3) is 0.207. The Morgan fingerprint density at radius 3 is 1.68 bits per heavy atom. The molecule has 1 fully saturated rings. The van der Waals surface area contributed by atoms with Crippen LogP contribution < -0.4 is 4.90 Å². The topological polar surface area (TPSA) is 3.24 Å². The van der Waals surface area contributed by atoms with Gasteiger partial charge in [-0.05, 0) is 138 Å². The van der Waals surface area contributed by atoms with E-state index in [1.165, 1.54) is 132 Å². The van der Waals surface area contributed by atoms with Crippen LogP contribution in [0.1, 0.15) is 93.5 Å². The molecule has 0 saturated heterocycles. The van der Waals surface area contributed by atoms with Crippen molar-refractivity contribution in [3.05, 3.63) is 198 Å². The molecule has 0 spiro atoms. The minimum absolute atomic E-state index is 0.0977. The standard InChI is InChI=1S/C58H51N/c1-57(2)53-28-14-13-23-46(53)48-24-15-26-50(55(48)57)51-27-16-25-49-47-34-33-43(37-54(47)58(3,4)56(49)51)59(42-31-29-39(30-32-42)38-17-7-5-8-18-38)44-35-41-21-11-12-22-45(41)52(36-44)40-19-9-6-10-20-40/h6,9-16,19-38H,5,7-8,17-18H2,1-4H3. The van der Waals surface area contributed by atoms with Crippen LogP contribution in [0.3, 0.4) is 0 Å². The third kappa shape index (κ3) is 5.65. The summed E-state index contributed by atoms with van der Waals surface area (Å²) in [4.78, 5) is 2.51. The minimum atomic E-state index is -0.231. The summed E-state index contributed by atoms with van der Waals surface area (Å²) in [5.74, 6) is 0.663. The Hall–Kier alpha value is -6.18. The lowest BCUT2D eigenvalue weighted by Crippen LogP contribution is -2.19. The molecule has 0 amide bonds. The molecule has 0 aliphatic heterocycles. The predicted octanol–water partition coefficient (Wildman–Crippen LogP) is 16.3. The Balaban J connectivity index is 1.07. The maximum Gasteiger partial charge on any atom is 0.0474 e. The van der Waals surface area contributed by atoms with Gasteiger partial charge >= 0.3 is 0 Å². The van der Waals surface area contributed by atoms with Gasteiger partial charge in [-0.2, -0.15) is 0 Å². The van der Waals surface area contributed by atoms with Gasteiger partial charge in [0, 0.05) is 27.9 Å². The molecule has 0 radical (unpaired) electrons. The van der Waals surface area contributed by atoms with Crippen LogP contribution in [0, 0.1) is 0 Å². The van der Waals surface area contributed by atoms with E-state index in [0.29, 0.717) is 5.92 Å². The van der Waals surface area contributed by atoms with Crippen LogP contribution in [0.5, 0.6) is 0 Å². The second-order valence-corrected chi connectivity index (χ2v) is 18.3. The van der Waals surface area contributed by atoms with E-state index in [0.717, 1.165) is 0 Å². The van der Waals surface area contributed by atoms with Crippen molar-refractivity contribution in [3.63, 3.8) is 0 Å². The zero-order valence-corrected chi connectivity index (χ0v) is 34.7. The summed E-state index contributed by atoms with van der Waals surface area (Å²) in [6, 6.07) is 64.4. The van der Waals surface area contributed by atoms with Gasteiger partial charge in [-0.3, -0.25) is 0 Å². The highest BCUT2D eigenvalue weighted by atomic mass is 15.1. The van der Waals surface area contributed by atoms with E-state index in [2.05, 4.69) is 202 Å². The van der Waals surface area contributed by atoms with Gasteiger partial charge in [0.1, 0.15) is 0 Å². The van der Waals surface area contributed by atoms with Crippen LogP contribution in [0.25, 0.3) is 55.3 Å². The van der Waals surface area contributed by atoms with Gasteiger partial charge in [0.05, 0.1) is 0 Å². The zero-order chi connectivity index (χ0) is 39.9. The molecule has 3 aliphatic rings. The van der Waals surface area contributed by atoms with Crippen LogP contribution in [0.15, 0.2) is 170 Å². The molecule has 1 nitrogen and oxygen atoms in total. The highest BCUT2D eigenvalue weighted by molar-refractivity contribution is 6.01. The predicted molar refractivity (Wildman–Crippen MR) is 250 cm³/mol. The molecule has 0 bridgehead atoms. The van der Waals surface area contributed by atoms with Crippen LogP contribution in [0.2, 0.25) is 0 Å². The summed E-state index contributed by atoms with van der Waals surface area (Å²) in [5, 5.41) is 2.51. The van der Waals surface area contributed by atoms with Crippen molar-refractivity contribution in [1.82, 2.24) is 0 Å². The summed E-state index contributed by atoms with van der Waals surface area (Å²) < 4.78 is 0. The number of hydrogen-bond donors (Lipinski definition) is 0. The molecule has 0 N–H and O–H groups in total. The van der Waals surface area contributed by atoms with Gasteiger partial charge in [0.25, 0.3) is 0 Å². The second kappa shape index (κ2) is 13.7. The first kappa shape index (κ1) is 35.9. The van der Waals surface area contributed by atoms with E-state index >= 15 is 0 Å². The maximum atomic E-state index is 2.51. The number of fused-ring (bicyclic) bond motifs is 7. The Labute approximate surface area is 350 Å². The fourth-order valence-corrected chi connectivity index (χ4v) is 11.4. The van der Waals surface area contributed by atoms with E-state index in [1.807, 2.05) is 0 Å². The van der Waals surface area contributed by atoms with Crippen molar-refractivity contribution in [3.8, 4) is 44.5 Å². The van der Waals surface area contributed by atoms with E-state index in [1.54, 1.807) is 0 Å². The number of rotatable bonds is 6. The third-order valence-corrected chi connectivity index (χ3v) is 14.2. The minimum Gasteiger partial charge on any atom is -0.310 e. The first-order valence-corrected chi connectivity index (χ1v) is 21.8. The summed E-state index contributed by atoms with van der Waals surface area (Å²) in [6.45, 7) is 9.70. The lowest BCUT2D eigenvalue weighted by atomic mass is 9.74. The van der Waals surface area contributed by atoms with Gasteiger partial charge in [-0.1, -0.05) is 180 Å². The second-order valence-electron chi connectivity index (χ2n) is 18.3. The van der Waals surface area contributed by atoms with Crippen molar-refractivity contribution in [1.29, 1.82) is 0 Å². The molecule has 0 atom stereocenters. The Kier molecular flexibility index (Phi) is 8.35. The van der Waals surface area contributed by atoms with E-state index in [-0.39, 0.29) is 10.8 Å². The van der Waals surface area contributed by atoms with E-state index in [4.69, 9.17) is 0 Å². The molecule has 3 aliphatic carbocycles. The molecule has 8 aromatic rings. The smallest absolute Gasteiger partial charge is 0.0474 e. The molecule has 0 aromatic heterocycles. The molecule has 1 saturated carbocycles. The van der Waals surface area contributed by atoms with E-state index < -0.39 is 0 Å². The van der Waals surface area contributed by atoms with Crippen molar-refractivity contribution >= 4 is 27.8 Å². The number of nitrogens with zero attached hydrogens (tertiary/aromatic N) is 1. The number of hydrogen-bond acceptors (Lipinski definition) is 1. The molecule has 288 valence electrons. The van der Waals surface area contributed by atoms with Crippen LogP contribution in [0.4, 0.5) is 17.1 Å². The highest BCUT2D eigenvalue weighted by Crippen LogP contribution is 2.57. The average Bonchev–Trinajstić information content (AvgIpc) is 3.66. The van der Waals surface area contributed by atoms with Gasteiger partial charge in [0.15, 0.2) is 0 Å². The molecular weight excluding hydrogens is 711 g/mol. The first-order chi connectivity index (χ1) is 28.8. The normalized spacial score (nSPS) is 16.0. The summed E-state index contributed by atoms with van der Waals surface area (Å²) in [5.41, 5.74) is 20.9. The molecule has 59 heavy (non-hydrogen) atoms. The lowest BCUT2D eigenvalue weighted by Gasteiger charge is -2.30. The maximum absolute atomic E-state index is 2.51. The Morgan fingerprint density at radius 2 is 0.966 bits per heavy atom. The third-order valence-electron chi connectivity index (χ3n) is 14.2. The van der Waals surface area contributed by atoms with Crippen molar-refractivity contribution in [2.45, 2.75) is 76.5 Å². The highest BCUT2D eigenvalue weighted by Gasteiger charge is 2.42. The summed E-state index contributed by atoms with van der Waals surface area (Å²) in [7, 11) is 0. The van der Waals surface area contributed by atoms with Gasteiger partial charge < -0.3 is 4.90 Å². The van der Waals surface area contributed by atoms with Crippen molar-refractivity contribution in [2.24, 2.45) is 0 Å². The Morgan fingerprint density at radius 1 is 0.407 bits per heavy atom. The van der Waals surface area contributed by atoms with E-state index in [9.17, 15) is 0 Å². The lowest BCUT2D eigenvalue weighted by molar-refractivity contribution is 0.443. The molecule has 8 aromatic carbocycles. The van der Waals surface area contributed by atoms with Gasteiger partial charge in [-0.15, -0.1) is 0 Å². The summed E-state index contributed by atoms with van der Waals surface area (Å²) in [6.07, 6.45) is 6.64. The zero-order valence-electron chi connectivity index (χ0n) is 34.7. The molecular formula is C58H51N. The van der Waals surface area contributed by atoms with Gasteiger partial charge in [-0.25, -0.2) is 0 Å². The Bertz CT molecular complexity index is 2910. The first-order valence-electron chi connectivity index (χ1n) is 21.8. The van der Waals surface area contributed by atoms with Crippen molar-refractivity contribution < 1.29 is 0 Å². The monoisotopic (exact) mass is 761 g/mol. The number of benzene rings is 8. The van der Waals surface area contributed by atoms with Crippen molar-refractivity contribution in [2.75, 3.05) is 4.90 Å². The molecule has 1 heteroatoms. The van der Waals surface area contributed by atoms with Gasteiger partial charge in [0.2, 0.25) is 0 Å². The average molecular weight is 762 g/mol. The largest absolute Gasteiger partial charge is 0.310 e.